The van der Waals surface area contributed by atoms with E-state index in [1.54, 1.807) is 0 Å². The Morgan fingerprint density at radius 2 is 2.24 bits per heavy atom. The van der Waals surface area contributed by atoms with Crippen molar-refractivity contribution >= 4 is 5.91 Å². The van der Waals surface area contributed by atoms with E-state index in [-0.39, 0.29) is 17.9 Å². The summed E-state index contributed by atoms with van der Waals surface area (Å²) in [6, 6.07) is -1.88. The summed E-state index contributed by atoms with van der Waals surface area (Å²) in [5, 5.41) is 5.91. The number of rotatable bonds is 4. The highest BCUT2D eigenvalue weighted by atomic mass is 19.4. The molecule has 118 valence electrons. The molecule has 0 radical (unpaired) electrons. The summed E-state index contributed by atoms with van der Waals surface area (Å²) in [5.74, 6) is -0.624. The molecule has 1 N–H and O–H groups in total. The minimum Gasteiger partial charge on any atom is -0.353 e. The molecule has 1 fully saturated rings. The van der Waals surface area contributed by atoms with Crippen LogP contribution >= 0.6 is 0 Å². The topological polar surface area (TPSA) is 63.1 Å². The van der Waals surface area contributed by atoms with E-state index >= 15 is 0 Å². The first-order valence-corrected chi connectivity index (χ1v) is 6.69. The van der Waals surface area contributed by atoms with Gasteiger partial charge in [0, 0.05) is 12.6 Å². The summed E-state index contributed by atoms with van der Waals surface area (Å²) in [7, 11) is 1.89. The lowest BCUT2D eigenvalue weighted by Crippen LogP contribution is -2.43. The lowest BCUT2D eigenvalue weighted by Gasteiger charge is -2.23. The average molecular weight is 305 g/mol. The molecule has 1 aliphatic heterocycles. The van der Waals surface area contributed by atoms with Crippen LogP contribution in [0.15, 0.2) is 12.7 Å². The summed E-state index contributed by atoms with van der Waals surface area (Å²) >= 11 is 0. The molecule has 1 saturated heterocycles. The molecule has 2 heterocycles. The van der Waals surface area contributed by atoms with E-state index in [2.05, 4.69) is 15.4 Å². The zero-order chi connectivity index (χ0) is 15.6. The maximum atomic E-state index is 13.0. The molecule has 0 aliphatic carbocycles. The van der Waals surface area contributed by atoms with E-state index in [1.807, 2.05) is 18.9 Å². The second-order valence-electron chi connectivity index (χ2n) is 5.29. The zero-order valence-electron chi connectivity index (χ0n) is 11.8. The Morgan fingerprint density at radius 1 is 1.52 bits per heavy atom. The van der Waals surface area contributed by atoms with Crippen molar-refractivity contribution in [3.8, 4) is 0 Å². The van der Waals surface area contributed by atoms with Crippen LogP contribution in [-0.2, 0) is 4.79 Å². The van der Waals surface area contributed by atoms with Crippen LogP contribution in [0.5, 0.6) is 0 Å². The summed E-state index contributed by atoms with van der Waals surface area (Å²) in [6.45, 7) is 2.12. The van der Waals surface area contributed by atoms with Gasteiger partial charge in [-0.1, -0.05) is 0 Å². The first-order valence-electron chi connectivity index (χ1n) is 6.69. The van der Waals surface area contributed by atoms with Crippen molar-refractivity contribution in [2.24, 2.45) is 5.92 Å². The monoisotopic (exact) mass is 305 g/mol. The molecule has 21 heavy (non-hydrogen) atoms. The highest BCUT2D eigenvalue weighted by molar-refractivity contribution is 5.79. The number of amides is 1. The minimum absolute atomic E-state index is 0.0284. The second kappa shape index (κ2) is 6.00. The summed E-state index contributed by atoms with van der Waals surface area (Å²) in [6.07, 6.45) is -1.81. The smallest absolute Gasteiger partial charge is 0.353 e. The van der Waals surface area contributed by atoms with Gasteiger partial charge in [0.15, 0.2) is 6.04 Å². The van der Waals surface area contributed by atoms with Crippen molar-refractivity contribution < 1.29 is 18.0 Å². The third-order valence-electron chi connectivity index (χ3n) is 4.01. The van der Waals surface area contributed by atoms with Crippen molar-refractivity contribution in [2.45, 2.75) is 31.6 Å². The number of nitrogens with zero attached hydrogens (tertiary/aromatic N) is 4. The van der Waals surface area contributed by atoms with Crippen molar-refractivity contribution in [2.75, 3.05) is 20.1 Å². The number of halogens is 3. The van der Waals surface area contributed by atoms with E-state index in [0.29, 0.717) is 11.1 Å². The Bertz CT molecular complexity index is 476. The predicted molar refractivity (Wildman–Crippen MR) is 68.3 cm³/mol. The number of alkyl halides is 3. The summed E-state index contributed by atoms with van der Waals surface area (Å²) in [4.78, 5) is 17.6. The lowest BCUT2D eigenvalue weighted by molar-refractivity contribution is -0.169. The lowest BCUT2D eigenvalue weighted by atomic mass is 10.0. The highest BCUT2D eigenvalue weighted by Crippen LogP contribution is 2.29. The fourth-order valence-corrected chi connectivity index (χ4v) is 2.51. The van der Waals surface area contributed by atoms with Crippen molar-refractivity contribution in [3.63, 3.8) is 0 Å². The van der Waals surface area contributed by atoms with Gasteiger partial charge in [0.1, 0.15) is 12.7 Å². The first-order chi connectivity index (χ1) is 9.80. The fourth-order valence-electron chi connectivity index (χ4n) is 2.51. The van der Waals surface area contributed by atoms with Crippen LogP contribution in [0.4, 0.5) is 13.2 Å². The number of carbonyl (C=O) groups is 1. The quantitative estimate of drug-likeness (QED) is 0.895. The Balaban J connectivity index is 1.98. The third kappa shape index (κ3) is 3.52. The molecular weight excluding hydrogens is 287 g/mol. The fraction of sp³-hybridized carbons (Fsp3) is 0.750. The van der Waals surface area contributed by atoms with Gasteiger partial charge >= 0.3 is 6.18 Å². The van der Waals surface area contributed by atoms with Gasteiger partial charge < -0.3 is 10.2 Å². The van der Waals surface area contributed by atoms with Crippen LogP contribution in [0.3, 0.4) is 0 Å². The van der Waals surface area contributed by atoms with Crippen LogP contribution in [-0.4, -0.2) is 57.9 Å². The second-order valence-corrected chi connectivity index (χ2v) is 5.29. The molecular formula is C12H18F3N5O. The van der Waals surface area contributed by atoms with Crippen LogP contribution in [0.25, 0.3) is 0 Å². The molecule has 2 rings (SSSR count). The molecule has 1 aliphatic rings. The Morgan fingerprint density at radius 3 is 2.71 bits per heavy atom. The molecule has 1 aromatic heterocycles. The van der Waals surface area contributed by atoms with E-state index in [0.717, 1.165) is 19.2 Å². The van der Waals surface area contributed by atoms with Crippen LogP contribution < -0.4 is 5.32 Å². The molecule has 0 aromatic carbocycles. The van der Waals surface area contributed by atoms with Gasteiger partial charge in [-0.05, 0) is 26.9 Å². The van der Waals surface area contributed by atoms with E-state index in [4.69, 9.17) is 0 Å². The number of nitrogens with one attached hydrogen (secondary N) is 1. The van der Waals surface area contributed by atoms with Crippen LogP contribution in [0, 0.1) is 5.92 Å². The molecule has 0 saturated carbocycles. The van der Waals surface area contributed by atoms with Crippen molar-refractivity contribution in [3.05, 3.63) is 12.7 Å². The molecule has 1 aromatic rings. The van der Waals surface area contributed by atoms with Crippen LogP contribution in [0.2, 0.25) is 0 Å². The summed E-state index contributed by atoms with van der Waals surface area (Å²) in [5.41, 5.74) is 0. The Kier molecular flexibility index (Phi) is 4.50. The van der Waals surface area contributed by atoms with Gasteiger partial charge in [-0.15, -0.1) is 0 Å². The van der Waals surface area contributed by atoms with E-state index in [9.17, 15) is 18.0 Å². The Hall–Kier alpha value is -1.64. The molecule has 9 heteroatoms. The zero-order valence-corrected chi connectivity index (χ0v) is 11.8. The normalized spacial score (nSPS) is 25.0. The number of likely N-dealkylation sites (tertiary alicyclic amines) is 1. The average Bonchev–Trinajstić information content (AvgIpc) is 3.00. The predicted octanol–water partition coefficient (Wildman–Crippen LogP) is 0.838. The number of aromatic nitrogens is 3. The maximum absolute atomic E-state index is 13.0. The molecule has 0 bridgehead atoms. The van der Waals surface area contributed by atoms with Gasteiger partial charge in [0.25, 0.3) is 0 Å². The van der Waals surface area contributed by atoms with Gasteiger partial charge in [0.05, 0.1) is 5.92 Å². The number of hydrogen-bond donors (Lipinski definition) is 1. The van der Waals surface area contributed by atoms with Crippen molar-refractivity contribution in [1.82, 2.24) is 25.0 Å². The third-order valence-corrected chi connectivity index (χ3v) is 4.01. The van der Waals surface area contributed by atoms with Gasteiger partial charge in [-0.3, -0.25) is 4.79 Å². The van der Waals surface area contributed by atoms with Gasteiger partial charge in [-0.2, -0.15) is 18.3 Å². The summed E-state index contributed by atoms with van der Waals surface area (Å²) < 4.78 is 39.7. The molecule has 1 unspecified atom stereocenters. The highest BCUT2D eigenvalue weighted by Gasteiger charge is 2.42. The van der Waals surface area contributed by atoms with Crippen molar-refractivity contribution in [1.29, 1.82) is 0 Å². The van der Waals surface area contributed by atoms with Gasteiger partial charge in [-0.25, -0.2) is 9.67 Å². The standard InChI is InChI=1S/C12H18F3N5O/c1-8-9(3-4-19(8)2)11(21)17-5-10(12(13,14)15)20-7-16-6-18-20/h6-10H,3-5H2,1-2H3,(H,17,21)/t8-,9-,10?/m1/s1. The Labute approximate surface area is 120 Å². The van der Waals surface area contributed by atoms with Crippen LogP contribution in [0.1, 0.15) is 19.4 Å². The van der Waals surface area contributed by atoms with Gasteiger partial charge in [0.2, 0.25) is 5.91 Å². The number of carbonyl (C=O) groups excluding carboxylic acids is 1. The molecule has 1 amide bonds. The number of hydrogen-bond acceptors (Lipinski definition) is 4. The largest absolute Gasteiger partial charge is 0.412 e. The first kappa shape index (κ1) is 15.7. The molecule has 6 nitrogen and oxygen atoms in total. The molecule has 0 spiro atoms. The maximum Gasteiger partial charge on any atom is 0.412 e. The SMILES string of the molecule is C[C@@H]1[C@H](C(=O)NCC(n2cncn2)C(F)(F)F)CCN1C. The van der Waals surface area contributed by atoms with E-state index < -0.39 is 18.8 Å². The molecule has 3 atom stereocenters. The minimum atomic E-state index is -4.50. The van der Waals surface area contributed by atoms with E-state index in [1.165, 1.54) is 0 Å².